The Balaban J connectivity index is 2.28. The van der Waals surface area contributed by atoms with Crippen LogP contribution in [0, 0.1) is 11.8 Å². The summed E-state index contributed by atoms with van der Waals surface area (Å²) in [6.07, 6.45) is 9.20. The summed E-state index contributed by atoms with van der Waals surface area (Å²) in [6, 6.07) is 0. The van der Waals surface area contributed by atoms with Crippen LogP contribution in [0.4, 0.5) is 0 Å². The van der Waals surface area contributed by atoms with Gasteiger partial charge in [0.2, 0.25) is 0 Å². The van der Waals surface area contributed by atoms with Gasteiger partial charge >= 0.3 is 0 Å². The van der Waals surface area contributed by atoms with Gasteiger partial charge in [-0.3, -0.25) is 0 Å². The molecule has 0 unspecified atom stereocenters. The second-order valence-corrected chi connectivity index (χ2v) is 2.82. The molecule has 1 N–H and O–H groups in total. The van der Waals surface area contributed by atoms with Crippen molar-refractivity contribution in [3.8, 4) is 0 Å². The zero-order valence-corrected chi connectivity index (χ0v) is 5.20. The van der Waals surface area contributed by atoms with E-state index in [9.17, 15) is 5.11 Å². The summed E-state index contributed by atoms with van der Waals surface area (Å²) in [5.74, 6) is 1.04. The standard InChI is InChI=1S/C8H10O/c9-8-4-2-6-1-3-7(8)5-6/h1-4,6-9H,5H2/t6-,7-,8-/m1/s1. The minimum Gasteiger partial charge on any atom is -0.388 e. The van der Waals surface area contributed by atoms with E-state index in [1.54, 1.807) is 0 Å². The van der Waals surface area contributed by atoms with Crippen LogP contribution in [0.5, 0.6) is 0 Å². The molecule has 9 heavy (non-hydrogen) atoms. The average Bonchev–Trinajstić information content (AvgIpc) is 2.25. The zero-order valence-electron chi connectivity index (χ0n) is 5.20. The number of aliphatic hydroxyl groups is 1. The monoisotopic (exact) mass is 122 g/mol. The van der Waals surface area contributed by atoms with Gasteiger partial charge in [-0.05, 0) is 12.3 Å². The van der Waals surface area contributed by atoms with Gasteiger partial charge in [-0.2, -0.15) is 0 Å². The van der Waals surface area contributed by atoms with Crippen molar-refractivity contribution in [3.05, 3.63) is 24.3 Å². The van der Waals surface area contributed by atoms with Gasteiger partial charge in [0.1, 0.15) is 0 Å². The molecule has 0 aliphatic heterocycles. The van der Waals surface area contributed by atoms with Crippen LogP contribution in [-0.2, 0) is 0 Å². The lowest BCUT2D eigenvalue weighted by Crippen LogP contribution is -2.18. The van der Waals surface area contributed by atoms with Crippen molar-refractivity contribution in [1.29, 1.82) is 0 Å². The van der Waals surface area contributed by atoms with Gasteiger partial charge in [-0.1, -0.05) is 24.3 Å². The quantitative estimate of drug-likeness (QED) is 0.477. The molecule has 0 aromatic rings. The normalized spacial score (nSPS) is 46.1. The van der Waals surface area contributed by atoms with Gasteiger partial charge in [-0.15, -0.1) is 0 Å². The molecule has 2 bridgehead atoms. The van der Waals surface area contributed by atoms with Crippen molar-refractivity contribution in [2.75, 3.05) is 0 Å². The van der Waals surface area contributed by atoms with Crippen molar-refractivity contribution in [3.63, 3.8) is 0 Å². The van der Waals surface area contributed by atoms with Gasteiger partial charge in [0.25, 0.3) is 0 Å². The molecule has 0 fully saturated rings. The van der Waals surface area contributed by atoms with Crippen molar-refractivity contribution >= 4 is 0 Å². The Hall–Kier alpha value is -0.560. The molecule has 2 aliphatic carbocycles. The van der Waals surface area contributed by atoms with Crippen molar-refractivity contribution < 1.29 is 5.11 Å². The van der Waals surface area contributed by atoms with Crippen molar-refractivity contribution in [1.82, 2.24) is 0 Å². The second kappa shape index (κ2) is 1.71. The Labute approximate surface area is 54.7 Å². The lowest BCUT2D eigenvalue weighted by molar-refractivity contribution is 0.166. The molecule has 0 aromatic heterocycles. The molecule has 0 saturated heterocycles. The molecule has 1 nitrogen and oxygen atoms in total. The van der Waals surface area contributed by atoms with Crippen LogP contribution < -0.4 is 0 Å². The summed E-state index contributed by atoms with van der Waals surface area (Å²) in [7, 11) is 0. The third kappa shape index (κ3) is 0.724. The summed E-state index contributed by atoms with van der Waals surface area (Å²) < 4.78 is 0. The molecule has 3 atom stereocenters. The Kier molecular flexibility index (Phi) is 0.995. The first-order chi connectivity index (χ1) is 4.36. The highest BCUT2D eigenvalue weighted by Gasteiger charge is 2.25. The number of rotatable bonds is 0. The van der Waals surface area contributed by atoms with Crippen LogP contribution in [0.15, 0.2) is 24.3 Å². The third-order valence-electron chi connectivity index (χ3n) is 2.14. The van der Waals surface area contributed by atoms with Gasteiger partial charge in [-0.25, -0.2) is 0 Å². The Morgan fingerprint density at radius 1 is 1.11 bits per heavy atom. The molecule has 0 aromatic carbocycles. The van der Waals surface area contributed by atoms with Gasteiger partial charge in [0.15, 0.2) is 0 Å². The molecule has 48 valence electrons. The SMILES string of the molecule is O[C@@H]1C=C[C@H]2C=C[C@@H]1C2. The maximum absolute atomic E-state index is 9.26. The first-order valence-electron chi connectivity index (χ1n) is 3.41. The Morgan fingerprint density at radius 2 is 1.89 bits per heavy atom. The smallest absolute Gasteiger partial charge is 0.0784 e. The van der Waals surface area contributed by atoms with Gasteiger partial charge < -0.3 is 5.11 Å². The number of hydrogen-bond donors (Lipinski definition) is 1. The Bertz CT molecular complexity index is 169. The fraction of sp³-hybridized carbons (Fsp3) is 0.500. The van der Waals surface area contributed by atoms with E-state index in [2.05, 4.69) is 18.2 Å². The molecule has 0 heterocycles. The molecule has 2 rings (SSSR count). The number of hydrogen-bond acceptors (Lipinski definition) is 1. The van der Waals surface area contributed by atoms with Crippen LogP contribution in [-0.4, -0.2) is 11.2 Å². The van der Waals surface area contributed by atoms with E-state index in [1.165, 1.54) is 0 Å². The number of fused-ring (bicyclic) bond motifs is 2. The van der Waals surface area contributed by atoms with Gasteiger partial charge in [0.05, 0.1) is 6.10 Å². The molecule has 0 radical (unpaired) electrons. The highest BCUT2D eigenvalue weighted by atomic mass is 16.3. The lowest BCUT2D eigenvalue weighted by atomic mass is 9.92. The summed E-state index contributed by atoms with van der Waals surface area (Å²) in [5.41, 5.74) is 0. The van der Waals surface area contributed by atoms with E-state index >= 15 is 0 Å². The minimum atomic E-state index is -0.208. The molecule has 2 aliphatic rings. The van der Waals surface area contributed by atoms with Crippen molar-refractivity contribution in [2.45, 2.75) is 12.5 Å². The summed E-state index contributed by atoms with van der Waals surface area (Å²) >= 11 is 0. The summed E-state index contributed by atoms with van der Waals surface area (Å²) in [4.78, 5) is 0. The highest BCUT2D eigenvalue weighted by Crippen LogP contribution is 2.31. The maximum Gasteiger partial charge on any atom is 0.0784 e. The van der Waals surface area contributed by atoms with E-state index in [1.807, 2.05) is 6.08 Å². The second-order valence-electron chi connectivity index (χ2n) is 2.82. The number of allylic oxidation sites excluding steroid dienone is 2. The Morgan fingerprint density at radius 3 is 2.67 bits per heavy atom. The van der Waals surface area contributed by atoms with Crippen LogP contribution in [0.2, 0.25) is 0 Å². The van der Waals surface area contributed by atoms with Crippen LogP contribution >= 0.6 is 0 Å². The maximum atomic E-state index is 9.26. The van der Waals surface area contributed by atoms with E-state index < -0.39 is 0 Å². The number of aliphatic hydroxyl groups excluding tert-OH is 1. The predicted octanol–water partition coefficient (Wildman–Crippen LogP) is 1.11. The van der Waals surface area contributed by atoms with Crippen LogP contribution in [0.1, 0.15) is 6.42 Å². The average molecular weight is 122 g/mol. The minimum absolute atomic E-state index is 0.208. The van der Waals surface area contributed by atoms with E-state index in [0.29, 0.717) is 11.8 Å². The summed E-state index contributed by atoms with van der Waals surface area (Å²) in [5, 5.41) is 9.26. The predicted molar refractivity (Wildman–Crippen MR) is 35.9 cm³/mol. The topological polar surface area (TPSA) is 20.2 Å². The highest BCUT2D eigenvalue weighted by molar-refractivity contribution is 5.18. The van der Waals surface area contributed by atoms with E-state index in [0.717, 1.165) is 6.42 Å². The fourth-order valence-corrected chi connectivity index (χ4v) is 1.55. The lowest BCUT2D eigenvalue weighted by Gasteiger charge is -2.18. The molecule has 0 saturated carbocycles. The summed E-state index contributed by atoms with van der Waals surface area (Å²) in [6.45, 7) is 0. The molecule has 1 heteroatoms. The zero-order chi connectivity index (χ0) is 6.27. The third-order valence-corrected chi connectivity index (χ3v) is 2.14. The van der Waals surface area contributed by atoms with Gasteiger partial charge in [0, 0.05) is 5.92 Å². The molecular weight excluding hydrogens is 112 g/mol. The molecule has 0 spiro atoms. The molecule has 0 amide bonds. The van der Waals surface area contributed by atoms with Crippen LogP contribution in [0.25, 0.3) is 0 Å². The van der Waals surface area contributed by atoms with Crippen LogP contribution in [0.3, 0.4) is 0 Å². The first-order valence-corrected chi connectivity index (χ1v) is 3.41. The molecular formula is C8H10O. The van der Waals surface area contributed by atoms with Crippen molar-refractivity contribution in [2.24, 2.45) is 11.8 Å². The largest absolute Gasteiger partial charge is 0.388 e. The van der Waals surface area contributed by atoms with E-state index in [-0.39, 0.29) is 6.10 Å². The van der Waals surface area contributed by atoms with E-state index in [4.69, 9.17) is 0 Å². The first kappa shape index (κ1) is 5.24. The fourth-order valence-electron chi connectivity index (χ4n) is 1.55.